The van der Waals surface area contributed by atoms with Crippen LogP contribution >= 0.6 is 27.3 Å². The summed E-state index contributed by atoms with van der Waals surface area (Å²) in [4.78, 5) is 1.17. The van der Waals surface area contributed by atoms with E-state index in [4.69, 9.17) is 5.73 Å². The third kappa shape index (κ3) is 2.58. The minimum absolute atomic E-state index is 0.241. The summed E-state index contributed by atoms with van der Waals surface area (Å²) in [6.45, 7) is 0. The predicted octanol–water partition coefficient (Wildman–Crippen LogP) is 3.82. The Bertz CT molecular complexity index is 481. The fraction of sp³-hybridized carbons (Fsp3) is 0.0909. The summed E-state index contributed by atoms with van der Waals surface area (Å²) in [6, 6.07) is 8.47. The molecule has 0 aliphatic carbocycles. The molecule has 1 aromatic carbocycles. The first-order chi connectivity index (χ1) is 7.15. The van der Waals surface area contributed by atoms with Crippen LogP contribution in [0.3, 0.4) is 0 Å². The molecule has 0 aliphatic rings. The number of nitrogen functional groups attached to an aromatic ring is 1. The van der Waals surface area contributed by atoms with Gasteiger partial charge in [-0.2, -0.15) is 0 Å². The Labute approximate surface area is 99.9 Å². The van der Waals surface area contributed by atoms with E-state index in [0.717, 1.165) is 9.35 Å². The average molecular weight is 286 g/mol. The van der Waals surface area contributed by atoms with Gasteiger partial charge in [-0.15, -0.1) is 11.3 Å². The number of rotatable bonds is 2. The summed E-state index contributed by atoms with van der Waals surface area (Å²) in [6.07, 6.45) is 0.680. The molecule has 1 aromatic heterocycles. The molecule has 0 aliphatic heterocycles. The molecule has 0 fully saturated rings. The maximum atomic E-state index is 13.0. The number of hydrogen-bond donors (Lipinski definition) is 1. The molecule has 0 atom stereocenters. The van der Waals surface area contributed by atoms with Crippen molar-refractivity contribution in [1.29, 1.82) is 0 Å². The second-order valence-electron chi connectivity index (χ2n) is 3.23. The SMILES string of the molecule is Nc1ccc(F)cc1Cc1ccc(Br)s1. The van der Waals surface area contributed by atoms with Crippen LogP contribution in [0.4, 0.5) is 10.1 Å². The summed E-state index contributed by atoms with van der Waals surface area (Å²) in [5, 5.41) is 0. The second-order valence-corrected chi connectivity index (χ2v) is 5.77. The lowest BCUT2D eigenvalue weighted by atomic mass is 10.1. The molecule has 2 rings (SSSR count). The molecular weight excluding hydrogens is 277 g/mol. The lowest BCUT2D eigenvalue weighted by molar-refractivity contribution is 0.626. The van der Waals surface area contributed by atoms with Crippen LogP contribution in [0.1, 0.15) is 10.4 Å². The molecule has 0 spiro atoms. The number of halogens is 2. The fourth-order valence-corrected chi connectivity index (χ4v) is 2.87. The van der Waals surface area contributed by atoms with Gasteiger partial charge in [0.25, 0.3) is 0 Å². The summed E-state index contributed by atoms with van der Waals surface area (Å²) >= 11 is 5.03. The molecule has 15 heavy (non-hydrogen) atoms. The Hall–Kier alpha value is -0.870. The van der Waals surface area contributed by atoms with Crippen LogP contribution in [0.15, 0.2) is 34.1 Å². The number of anilines is 1. The maximum absolute atomic E-state index is 13.0. The lowest BCUT2D eigenvalue weighted by Gasteiger charge is -2.03. The van der Waals surface area contributed by atoms with Crippen molar-refractivity contribution in [3.63, 3.8) is 0 Å². The van der Waals surface area contributed by atoms with Gasteiger partial charge in [-0.3, -0.25) is 0 Å². The van der Waals surface area contributed by atoms with Crippen molar-refractivity contribution in [2.45, 2.75) is 6.42 Å². The third-order valence-electron chi connectivity index (χ3n) is 2.10. The van der Waals surface area contributed by atoms with Gasteiger partial charge in [-0.25, -0.2) is 4.39 Å². The van der Waals surface area contributed by atoms with Gasteiger partial charge in [0.15, 0.2) is 0 Å². The van der Waals surface area contributed by atoms with Crippen LogP contribution in [-0.2, 0) is 6.42 Å². The number of benzene rings is 1. The van der Waals surface area contributed by atoms with Crippen molar-refractivity contribution < 1.29 is 4.39 Å². The first kappa shape index (κ1) is 10.6. The van der Waals surface area contributed by atoms with Gasteiger partial charge in [0.05, 0.1) is 3.79 Å². The summed E-state index contributed by atoms with van der Waals surface area (Å²) in [7, 11) is 0. The third-order valence-corrected chi connectivity index (χ3v) is 3.72. The highest BCUT2D eigenvalue weighted by atomic mass is 79.9. The van der Waals surface area contributed by atoms with Crippen molar-refractivity contribution in [3.05, 3.63) is 50.4 Å². The van der Waals surface area contributed by atoms with Crippen molar-refractivity contribution in [2.24, 2.45) is 0 Å². The first-order valence-corrected chi connectivity index (χ1v) is 6.04. The normalized spacial score (nSPS) is 10.5. The topological polar surface area (TPSA) is 26.0 Å². The molecule has 0 saturated heterocycles. The van der Waals surface area contributed by atoms with E-state index < -0.39 is 0 Å². The molecule has 1 nitrogen and oxygen atoms in total. The van der Waals surface area contributed by atoms with Gasteiger partial charge in [0.2, 0.25) is 0 Å². The Morgan fingerprint density at radius 1 is 1.27 bits per heavy atom. The smallest absolute Gasteiger partial charge is 0.123 e. The van der Waals surface area contributed by atoms with E-state index in [-0.39, 0.29) is 5.82 Å². The van der Waals surface area contributed by atoms with Crippen molar-refractivity contribution in [2.75, 3.05) is 5.73 Å². The number of nitrogens with two attached hydrogens (primary N) is 1. The van der Waals surface area contributed by atoms with Gasteiger partial charge in [0.1, 0.15) is 5.82 Å². The van der Waals surface area contributed by atoms with Gasteiger partial charge in [-0.05, 0) is 51.8 Å². The molecule has 0 bridgehead atoms. The largest absolute Gasteiger partial charge is 0.398 e. The van der Waals surface area contributed by atoms with Gasteiger partial charge in [0, 0.05) is 17.0 Å². The van der Waals surface area contributed by atoms with E-state index in [1.165, 1.54) is 17.0 Å². The molecule has 2 N–H and O–H groups in total. The second kappa shape index (κ2) is 4.33. The Kier molecular flexibility index (Phi) is 3.07. The molecule has 78 valence electrons. The highest BCUT2D eigenvalue weighted by molar-refractivity contribution is 9.11. The lowest BCUT2D eigenvalue weighted by Crippen LogP contribution is -1.95. The van der Waals surface area contributed by atoms with Gasteiger partial charge in [-0.1, -0.05) is 0 Å². The fourth-order valence-electron chi connectivity index (χ4n) is 1.36. The Balaban J connectivity index is 2.27. The van der Waals surface area contributed by atoms with Crippen molar-refractivity contribution in [3.8, 4) is 0 Å². The summed E-state index contributed by atoms with van der Waals surface area (Å²) in [5.74, 6) is -0.241. The molecule has 0 amide bonds. The Morgan fingerprint density at radius 3 is 2.73 bits per heavy atom. The van der Waals surface area contributed by atoms with Crippen LogP contribution in [0.25, 0.3) is 0 Å². The molecule has 2 aromatic rings. The molecule has 0 unspecified atom stereocenters. The van der Waals surface area contributed by atoms with Gasteiger partial charge < -0.3 is 5.73 Å². The molecule has 4 heteroatoms. The van der Waals surface area contributed by atoms with E-state index in [1.54, 1.807) is 17.4 Å². The molecule has 0 radical (unpaired) electrons. The maximum Gasteiger partial charge on any atom is 0.123 e. The van der Waals surface area contributed by atoms with E-state index in [9.17, 15) is 4.39 Å². The highest BCUT2D eigenvalue weighted by Crippen LogP contribution is 2.26. The van der Waals surface area contributed by atoms with Crippen LogP contribution in [0, 0.1) is 5.82 Å². The summed E-state index contributed by atoms with van der Waals surface area (Å²) < 4.78 is 14.1. The van der Waals surface area contributed by atoms with Gasteiger partial charge >= 0.3 is 0 Å². The quantitative estimate of drug-likeness (QED) is 0.834. The predicted molar refractivity (Wildman–Crippen MR) is 65.6 cm³/mol. The minimum Gasteiger partial charge on any atom is -0.398 e. The van der Waals surface area contributed by atoms with E-state index >= 15 is 0 Å². The zero-order valence-corrected chi connectivity index (χ0v) is 10.2. The van der Waals surface area contributed by atoms with Crippen LogP contribution in [0.2, 0.25) is 0 Å². The Morgan fingerprint density at radius 2 is 2.07 bits per heavy atom. The van der Waals surface area contributed by atoms with E-state index in [0.29, 0.717) is 12.1 Å². The van der Waals surface area contributed by atoms with E-state index in [2.05, 4.69) is 15.9 Å². The molecular formula is C11H9BrFNS. The first-order valence-electron chi connectivity index (χ1n) is 4.43. The number of thiophene rings is 1. The highest BCUT2D eigenvalue weighted by Gasteiger charge is 2.04. The van der Waals surface area contributed by atoms with Crippen LogP contribution in [0.5, 0.6) is 0 Å². The van der Waals surface area contributed by atoms with Crippen LogP contribution < -0.4 is 5.73 Å². The summed E-state index contributed by atoms with van der Waals surface area (Å²) in [5.41, 5.74) is 7.25. The number of hydrogen-bond acceptors (Lipinski definition) is 2. The standard InChI is InChI=1S/C11H9BrFNS/c12-11-4-2-9(15-11)6-7-5-8(13)1-3-10(7)14/h1-5H,6,14H2. The van der Waals surface area contributed by atoms with E-state index in [1.807, 2.05) is 12.1 Å². The molecule has 1 heterocycles. The average Bonchev–Trinajstić information content (AvgIpc) is 2.58. The monoisotopic (exact) mass is 285 g/mol. The van der Waals surface area contributed by atoms with Crippen LogP contribution in [-0.4, -0.2) is 0 Å². The van der Waals surface area contributed by atoms with Crippen molar-refractivity contribution >= 4 is 33.0 Å². The zero-order valence-electron chi connectivity index (χ0n) is 7.84. The zero-order chi connectivity index (χ0) is 10.8. The van der Waals surface area contributed by atoms with Crippen molar-refractivity contribution in [1.82, 2.24) is 0 Å². The molecule has 0 saturated carbocycles. The minimum atomic E-state index is -0.241.